The molecule has 10 nitrogen and oxygen atoms in total. The van der Waals surface area contributed by atoms with Gasteiger partial charge in [0.05, 0.1) is 12.1 Å². The molecule has 5 rings (SSSR count). The van der Waals surface area contributed by atoms with Crippen molar-refractivity contribution in [1.29, 1.82) is 0 Å². The molecule has 0 spiro atoms. The number of nitrogens with one attached hydrogen (secondary N) is 2. The first-order chi connectivity index (χ1) is 20.8. The lowest BCUT2D eigenvalue weighted by Gasteiger charge is -2.38. The molecule has 2 aromatic rings. The highest BCUT2D eigenvalue weighted by Crippen LogP contribution is 2.34. The summed E-state index contributed by atoms with van der Waals surface area (Å²) in [6, 6.07) is 11.5. The van der Waals surface area contributed by atoms with Gasteiger partial charge in [-0.15, -0.1) is 0 Å². The molecule has 2 saturated heterocycles. The number of nitrogens with zero attached hydrogens (tertiary/aromatic N) is 2. The molecule has 0 bridgehead atoms. The topological polar surface area (TPSA) is 117 Å². The Morgan fingerprint density at radius 3 is 2.63 bits per heavy atom. The van der Waals surface area contributed by atoms with Crippen molar-refractivity contribution in [3.05, 3.63) is 65.5 Å². The van der Waals surface area contributed by atoms with Gasteiger partial charge in [-0.2, -0.15) is 0 Å². The zero-order valence-corrected chi connectivity index (χ0v) is 24.5. The monoisotopic (exact) mass is 594 g/mol. The number of rotatable bonds is 4. The van der Waals surface area contributed by atoms with Gasteiger partial charge in [0.25, 0.3) is 5.91 Å². The average Bonchev–Trinajstić information content (AvgIpc) is 3.52. The van der Waals surface area contributed by atoms with Gasteiger partial charge in [-0.1, -0.05) is 24.3 Å². The zero-order valence-electron chi connectivity index (χ0n) is 24.5. The first-order valence-corrected chi connectivity index (χ1v) is 15.0. The van der Waals surface area contributed by atoms with Crippen LogP contribution in [0.2, 0.25) is 0 Å². The third-order valence-electron chi connectivity index (χ3n) is 8.81. The molecule has 3 heterocycles. The number of amides is 4. The van der Waals surface area contributed by atoms with Gasteiger partial charge in [0, 0.05) is 45.2 Å². The van der Waals surface area contributed by atoms with Crippen LogP contribution in [0.5, 0.6) is 5.75 Å². The molecule has 2 N–H and O–H groups in total. The average molecular weight is 595 g/mol. The van der Waals surface area contributed by atoms with Crippen molar-refractivity contribution in [3.63, 3.8) is 0 Å². The maximum Gasteiger partial charge on any atom is 0.255 e. The van der Waals surface area contributed by atoms with Crippen molar-refractivity contribution < 1.29 is 33.0 Å². The number of ether oxygens (including phenoxy) is 2. The van der Waals surface area contributed by atoms with Crippen LogP contribution in [0.1, 0.15) is 54.4 Å². The van der Waals surface area contributed by atoms with Gasteiger partial charge in [0.1, 0.15) is 30.3 Å². The van der Waals surface area contributed by atoms with Gasteiger partial charge >= 0.3 is 0 Å². The first-order valence-electron chi connectivity index (χ1n) is 15.0. The summed E-state index contributed by atoms with van der Waals surface area (Å²) < 4.78 is 25.7. The standard InChI is InChI=1S/C32H39FN4O6/c1-36-16-19-43-27-10-3-2-8-24(27)29(39)35-25(11-12-28(38)37-15-5-9-26(37)31(36)41)30(40)34-21-32(13-17-42-18-14-32)22-6-4-7-23(33)20-22/h2-4,6-8,10,20,25-26H,5,9,11-19,21H2,1H3,(H,34,40)(H,35,39)/t25-,26+/m0/s1. The van der Waals surface area contributed by atoms with E-state index >= 15 is 0 Å². The minimum absolute atomic E-state index is 0.0209. The Morgan fingerprint density at radius 1 is 1.05 bits per heavy atom. The van der Waals surface area contributed by atoms with E-state index in [0.29, 0.717) is 51.2 Å². The molecule has 2 aromatic carbocycles. The highest BCUT2D eigenvalue weighted by Gasteiger charge is 2.38. The molecule has 3 aliphatic rings. The molecule has 0 aliphatic carbocycles. The predicted molar refractivity (Wildman–Crippen MR) is 156 cm³/mol. The number of hydrogen-bond donors (Lipinski definition) is 2. The molecule has 230 valence electrons. The molecule has 3 aliphatic heterocycles. The summed E-state index contributed by atoms with van der Waals surface area (Å²) >= 11 is 0. The lowest BCUT2D eigenvalue weighted by atomic mass is 9.74. The van der Waals surface area contributed by atoms with Crippen molar-refractivity contribution >= 4 is 23.6 Å². The molecule has 2 atom stereocenters. The maximum absolute atomic E-state index is 14.2. The van der Waals surface area contributed by atoms with E-state index in [0.717, 1.165) is 5.56 Å². The Bertz CT molecular complexity index is 1350. The molecule has 0 radical (unpaired) electrons. The highest BCUT2D eigenvalue weighted by atomic mass is 19.1. The van der Waals surface area contributed by atoms with E-state index in [2.05, 4.69) is 10.6 Å². The van der Waals surface area contributed by atoms with E-state index in [-0.39, 0.29) is 55.7 Å². The smallest absolute Gasteiger partial charge is 0.255 e. The Balaban J connectivity index is 1.38. The summed E-state index contributed by atoms with van der Waals surface area (Å²) in [5.41, 5.74) is 0.487. The highest BCUT2D eigenvalue weighted by molar-refractivity contribution is 6.00. The number of carbonyl (C=O) groups excluding carboxylic acids is 4. The number of likely N-dealkylation sites (N-methyl/N-ethyl adjacent to an activating group) is 1. The number of para-hydroxylation sites is 1. The molecule has 2 fully saturated rings. The molecule has 4 amide bonds. The quantitative estimate of drug-likeness (QED) is 0.562. The maximum atomic E-state index is 14.2. The second kappa shape index (κ2) is 13.5. The molecular formula is C32H39FN4O6. The van der Waals surface area contributed by atoms with Gasteiger partial charge in [-0.3, -0.25) is 19.2 Å². The van der Waals surface area contributed by atoms with Crippen LogP contribution >= 0.6 is 0 Å². The summed E-state index contributed by atoms with van der Waals surface area (Å²) in [5.74, 6) is -1.36. The lowest BCUT2D eigenvalue weighted by molar-refractivity contribution is -0.143. The summed E-state index contributed by atoms with van der Waals surface area (Å²) in [6.45, 7) is 2.07. The third-order valence-corrected chi connectivity index (χ3v) is 8.81. The van der Waals surface area contributed by atoms with Crippen molar-refractivity contribution in [1.82, 2.24) is 20.4 Å². The van der Waals surface area contributed by atoms with Crippen molar-refractivity contribution in [2.75, 3.05) is 46.5 Å². The van der Waals surface area contributed by atoms with Gasteiger partial charge < -0.3 is 29.9 Å². The molecule has 11 heteroatoms. The van der Waals surface area contributed by atoms with Crippen LogP contribution < -0.4 is 15.4 Å². The fraction of sp³-hybridized carbons (Fsp3) is 0.500. The largest absolute Gasteiger partial charge is 0.491 e. The van der Waals surface area contributed by atoms with Gasteiger partial charge in [0.2, 0.25) is 17.7 Å². The lowest BCUT2D eigenvalue weighted by Crippen LogP contribution is -2.52. The molecule has 0 saturated carbocycles. The van der Waals surface area contributed by atoms with Crippen LogP contribution in [0.25, 0.3) is 0 Å². The number of fused-ring (bicyclic) bond motifs is 2. The Hall–Kier alpha value is -3.99. The van der Waals surface area contributed by atoms with Crippen LogP contribution in [0.15, 0.2) is 48.5 Å². The minimum Gasteiger partial charge on any atom is -0.491 e. The van der Waals surface area contributed by atoms with Crippen molar-refractivity contribution in [3.8, 4) is 5.75 Å². The van der Waals surface area contributed by atoms with Crippen molar-refractivity contribution in [2.24, 2.45) is 0 Å². The molecular weight excluding hydrogens is 555 g/mol. The van der Waals surface area contributed by atoms with Crippen LogP contribution in [0.4, 0.5) is 4.39 Å². The van der Waals surface area contributed by atoms with Gasteiger partial charge in [-0.25, -0.2) is 4.39 Å². The molecule has 43 heavy (non-hydrogen) atoms. The van der Waals surface area contributed by atoms with E-state index in [1.54, 1.807) is 47.2 Å². The van der Waals surface area contributed by atoms with Crippen LogP contribution in [-0.4, -0.2) is 92.0 Å². The van der Waals surface area contributed by atoms with E-state index in [1.807, 2.05) is 6.07 Å². The van der Waals surface area contributed by atoms with Gasteiger partial charge in [-0.05, 0) is 61.9 Å². The zero-order chi connectivity index (χ0) is 30.4. The number of benzene rings is 2. The minimum atomic E-state index is -1.03. The second-order valence-electron chi connectivity index (χ2n) is 11.5. The van der Waals surface area contributed by atoms with E-state index in [9.17, 15) is 23.6 Å². The predicted octanol–water partition coefficient (Wildman–Crippen LogP) is 2.41. The Labute approximate surface area is 250 Å². The van der Waals surface area contributed by atoms with E-state index in [1.165, 1.54) is 12.1 Å². The number of halogens is 1. The fourth-order valence-electron chi connectivity index (χ4n) is 6.20. The summed E-state index contributed by atoms with van der Waals surface area (Å²) in [4.78, 5) is 56.9. The van der Waals surface area contributed by atoms with Crippen LogP contribution in [0.3, 0.4) is 0 Å². The van der Waals surface area contributed by atoms with Crippen molar-refractivity contribution in [2.45, 2.75) is 56.0 Å². The number of hydrogen-bond acceptors (Lipinski definition) is 6. The van der Waals surface area contributed by atoms with E-state index in [4.69, 9.17) is 9.47 Å². The fourth-order valence-corrected chi connectivity index (χ4v) is 6.20. The summed E-state index contributed by atoms with van der Waals surface area (Å²) in [6.07, 6.45) is 2.50. The molecule has 0 unspecified atom stereocenters. The Kier molecular flexibility index (Phi) is 9.59. The van der Waals surface area contributed by atoms with E-state index < -0.39 is 29.3 Å². The second-order valence-corrected chi connectivity index (χ2v) is 11.5. The van der Waals surface area contributed by atoms with Crippen LogP contribution in [0, 0.1) is 5.82 Å². The number of carbonyl (C=O) groups is 4. The van der Waals surface area contributed by atoms with Gasteiger partial charge in [0.15, 0.2) is 0 Å². The first kappa shape index (κ1) is 30.5. The summed E-state index contributed by atoms with van der Waals surface area (Å²) in [7, 11) is 1.68. The van der Waals surface area contributed by atoms with Crippen LogP contribution in [-0.2, 0) is 24.5 Å². The third kappa shape index (κ3) is 6.98. The SMILES string of the molecule is CN1CCOc2ccccc2C(=O)N[C@H](C(=O)NCC2(c3cccc(F)c3)CCOCC2)CCC(=O)N2CCC[C@@H]2C1=O. The molecule has 0 aromatic heterocycles. The Morgan fingerprint density at radius 2 is 1.84 bits per heavy atom. The summed E-state index contributed by atoms with van der Waals surface area (Å²) in [5, 5.41) is 5.82. The normalized spacial score (nSPS) is 23.3.